The highest BCUT2D eigenvalue weighted by Crippen LogP contribution is 2.29. The van der Waals surface area contributed by atoms with Gasteiger partial charge >= 0.3 is 5.63 Å². The highest BCUT2D eigenvalue weighted by atomic mass is 16.5. The maximum absolute atomic E-state index is 12.8. The minimum atomic E-state index is -0.671. The first kappa shape index (κ1) is 23.0. The third-order valence-electron chi connectivity index (χ3n) is 5.87. The van der Waals surface area contributed by atoms with Crippen molar-refractivity contribution < 1.29 is 19.1 Å². The Kier molecular flexibility index (Phi) is 7.11. The largest absolute Gasteiger partial charge is 0.493 e. The third-order valence-corrected chi connectivity index (χ3v) is 5.87. The van der Waals surface area contributed by atoms with Gasteiger partial charge in [0, 0.05) is 36.3 Å². The van der Waals surface area contributed by atoms with Gasteiger partial charge in [-0.1, -0.05) is 25.5 Å². The van der Waals surface area contributed by atoms with E-state index in [1.54, 1.807) is 6.07 Å². The number of fused-ring (bicyclic) bond motifs is 1. The molecule has 0 spiro atoms. The summed E-state index contributed by atoms with van der Waals surface area (Å²) >= 11 is 0. The summed E-state index contributed by atoms with van der Waals surface area (Å²) < 4.78 is 11.3. The molecule has 1 aliphatic heterocycles. The SMILES string of the molecule is CCCc1c(OCC)ccc2cc(C(=O)Nc3ccc(CN4CC[C@@H](O)C4)cc3)c(=O)oc12. The van der Waals surface area contributed by atoms with Gasteiger partial charge in [-0.3, -0.25) is 9.69 Å². The number of carbonyl (C=O) groups is 1. The molecule has 7 heteroatoms. The molecule has 0 unspecified atom stereocenters. The van der Waals surface area contributed by atoms with Crippen LogP contribution in [0, 0.1) is 0 Å². The minimum Gasteiger partial charge on any atom is -0.493 e. The van der Waals surface area contributed by atoms with Crippen molar-refractivity contribution in [3.8, 4) is 5.75 Å². The number of amides is 1. The van der Waals surface area contributed by atoms with E-state index >= 15 is 0 Å². The summed E-state index contributed by atoms with van der Waals surface area (Å²) in [5.41, 5.74) is 2.31. The Morgan fingerprint density at radius 2 is 2.00 bits per heavy atom. The summed E-state index contributed by atoms with van der Waals surface area (Å²) in [7, 11) is 0. The number of rotatable bonds is 8. The lowest BCUT2D eigenvalue weighted by Crippen LogP contribution is -2.22. The van der Waals surface area contributed by atoms with E-state index in [0.29, 0.717) is 42.0 Å². The molecular formula is C26H30N2O5. The lowest BCUT2D eigenvalue weighted by molar-refractivity contribution is 0.102. The molecule has 33 heavy (non-hydrogen) atoms. The highest BCUT2D eigenvalue weighted by Gasteiger charge is 2.20. The Balaban J connectivity index is 1.52. The number of β-amino-alcohol motifs (C(OH)–C–C–N with tert-alkyl or cyclic N) is 1. The van der Waals surface area contributed by atoms with Crippen molar-refractivity contribution in [1.82, 2.24) is 4.90 Å². The first-order valence-corrected chi connectivity index (χ1v) is 11.5. The van der Waals surface area contributed by atoms with Gasteiger partial charge in [-0.05, 0) is 55.7 Å². The quantitative estimate of drug-likeness (QED) is 0.505. The van der Waals surface area contributed by atoms with Crippen molar-refractivity contribution in [1.29, 1.82) is 0 Å². The fourth-order valence-electron chi connectivity index (χ4n) is 4.27. The molecule has 2 heterocycles. The number of anilines is 1. The van der Waals surface area contributed by atoms with E-state index < -0.39 is 11.5 Å². The molecule has 0 bridgehead atoms. The number of aliphatic hydroxyl groups is 1. The standard InChI is InChI=1S/C26H30N2O5/c1-3-5-21-23(32-4-2)11-8-18-14-22(26(31)33-24(18)21)25(30)27-19-9-6-17(7-10-19)15-28-13-12-20(29)16-28/h6-11,14,20,29H,3-5,12-13,15-16H2,1-2H3,(H,27,30)/t20-/m1/s1. The molecule has 2 N–H and O–H groups in total. The van der Waals surface area contributed by atoms with E-state index in [0.717, 1.165) is 37.1 Å². The predicted octanol–water partition coefficient (Wildman–Crippen LogP) is 3.96. The second-order valence-electron chi connectivity index (χ2n) is 8.42. The molecule has 1 aliphatic rings. The van der Waals surface area contributed by atoms with Gasteiger partial charge in [-0.15, -0.1) is 0 Å². The van der Waals surface area contributed by atoms with Crippen LogP contribution >= 0.6 is 0 Å². The minimum absolute atomic E-state index is 0.0377. The second-order valence-corrected chi connectivity index (χ2v) is 8.42. The zero-order chi connectivity index (χ0) is 23.4. The lowest BCUT2D eigenvalue weighted by Gasteiger charge is -2.15. The predicted molar refractivity (Wildman–Crippen MR) is 128 cm³/mol. The number of ether oxygens (including phenoxy) is 1. The molecule has 1 amide bonds. The van der Waals surface area contributed by atoms with Gasteiger partial charge in [0.05, 0.1) is 12.7 Å². The van der Waals surface area contributed by atoms with Gasteiger partial charge in [-0.25, -0.2) is 4.79 Å². The van der Waals surface area contributed by atoms with Crippen molar-refractivity contribution in [2.75, 3.05) is 25.0 Å². The van der Waals surface area contributed by atoms with Crippen molar-refractivity contribution >= 4 is 22.6 Å². The maximum Gasteiger partial charge on any atom is 0.349 e. The lowest BCUT2D eigenvalue weighted by atomic mass is 10.0. The van der Waals surface area contributed by atoms with E-state index in [1.165, 1.54) is 0 Å². The Labute approximate surface area is 193 Å². The van der Waals surface area contributed by atoms with Crippen molar-refractivity contribution in [2.45, 2.75) is 45.8 Å². The van der Waals surface area contributed by atoms with Crippen molar-refractivity contribution in [3.63, 3.8) is 0 Å². The number of nitrogens with zero attached hydrogens (tertiary/aromatic N) is 1. The van der Waals surface area contributed by atoms with Crippen LogP contribution in [-0.2, 0) is 13.0 Å². The molecule has 0 radical (unpaired) electrons. The van der Waals surface area contributed by atoms with Crippen LogP contribution < -0.4 is 15.7 Å². The first-order chi connectivity index (χ1) is 16.0. The van der Waals surface area contributed by atoms with E-state index in [4.69, 9.17) is 9.15 Å². The van der Waals surface area contributed by atoms with E-state index in [9.17, 15) is 14.7 Å². The highest BCUT2D eigenvalue weighted by molar-refractivity contribution is 6.05. The molecule has 0 aliphatic carbocycles. The zero-order valence-corrected chi connectivity index (χ0v) is 19.1. The van der Waals surface area contributed by atoms with Crippen LogP contribution in [0.15, 0.2) is 51.7 Å². The van der Waals surface area contributed by atoms with Gasteiger partial charge in [0.2, 0.25) is 0 Å². The Bertz CT molecular complexity index is 1190. The van der Waals surface area contributed by atoms with Gasteiger partial charge < -0.3 is 19.6 Å². The van der Waals surface area contributed by atoms with Crippen LogP contribution in [0.5, 0.6) is 5.75 Å². The number of hydrogen-bond acceptors (Lipinski definition) is 6. The molecular weight excluding hydrogens is 420 g/mol. The number of carbonyl (C=O) groups excluding carboxylic acids is 1. The number of likely N-dealkylation sites (tertiary alicyclic amines) is 1. The van der Waals surface area contributed by atoms with Gasteiger partial charge in [0.25, 0.3) is 5.91 Å². The van der Waals surface area contributed by atoms with Crippen LogP contribution in [0.25, 0.3) is 11.0 Å². The third kappa shape index (κ3) is 5.26. The van der Waals surface area contributed by atoms with Gasteiger partial charge in [0.1, 0.15) is 16.9 Å². The molecule has 1 fully saturated rings. The number of hydrogen-bond donors (Lipinski definition) is 2. The van der Waals surface area contributed by atoms with Crippen LogP contribution in [0.2, 0.25) is 0 Å². The Morgan fingerprint density at radius 3 is 2.67 bits per heavy atom. The topological polar surface area (TPSA) is 92.0 Å². The average molecular weight is 451 g/mol. The van der Waals surface area contributed by atoms with Crippen LogP contribution in [0.3, 0.4) is 0 Å². The summed E-state index contributed by atoms with van der Waals surface area (Å²) in [6, 6.07) is 12.8. The maximum atomic E-state index is 12.8. The van der Waals surface area contributed by atoms with Crippen LogP contribution in [0.1, 0.15) is 48.2 Å². The number of nitrogens with one attached hydrogen (secondary N) is 1. The fourth-order valence-corrected chi connectivity index (χ4v) is 4.27. The normalized spacial score (nSPS) is 16.3. The monoisotopic (exact) mass is 450 g/mol. The summed E-state index contributed by atoms with van der Waals surface area (Å²) in [5.74, 6) is 0.197. The van der Waals surface area contributed by atoms with Crippen molar-refractivity contribution in [3.05, 3.63) is 69.6 Å². The molecule has 2 aromatic carbocycles. The summed E-state index contributed by atoms with van der Waals surface area (Å²) in [6.45, 7) is 6.79. The fraction of sp³-hybridized carbons (Fsp3) is 0.385. The summed E-state index contributed by atoms with van der Waals surface area (Å²) in [5, 5.41) is 13.1. The van der Waals surface area contributed by atoms with Gasteiger partial charge in [-0.2, -0.15) is 0 Å². The molecule has 0 saturated carbocycles. The number of aliphatic hydroxyl groups excluding tert-OH is 1. The summed E-state index contributed by atoms with van der Waals surface area (Å²) in [6.07, 6.45) is 2.14. The van der Waals surface area contributed by atoms with E-state index in [-0.39, 0.29) is 11.7 Å². The number of aryl methyl sites for hydroxylation is 1. The van der Waals surface area contributed by atoms with Gasteiger partial charge in [0.15, 0.2) is 0 Å². The van der Waals surface area contributed by atoms with Crippen molar-refractivity contribution in [2.24, 2.45) is 0 Å². The molecule has 174 valence electrons. The Hall–Kier alpha value is -3.16. The molecule has 1 saturated heterocycles. The smallest absolute Gasteiger partial charge is 0.349 e. The molecule has 1 atom stereocenters. The molecule has 7 nitrogen and oxygen atoms in total. The summed E-state index contributed by atoms with van der Waals surface area (Å²) in [4.78, 5) is 27.7. The van der Waals surface area contributed by atoms with Crippen LogP contribution in [0.4, 0.5) is 5.69 Å². The van der Waals surface area contributed by atoms with E-state index in [1.807, 2.05) is 50.2 Å². The second kappa shape index (κ2) is 10.2. The molecule has 1 aromatic heterocycles. The Morgan fingerprint density at radius 1 is 1.21 bits per heavy atom. The van der Waals surface area contributed by atoms with E-state index in [2.05, 4.69) is 10.2 Å². The first-order valence-electron chi connectivity index (χ1n) is 11.5. The number of benzene rings is 2. The average Bonchev–Trinajstić information content (AvgIpc) is 3.21. The van der Waals surface area contributed by atoms with Crippen LogP contribution in [-0.4, -0.2) is 41.7 Å². The molecule has 4 rings (SSSR count). The zero-order valence-electron chi connectivity index (χ0n) is 19.1. The molecule has 3 aromatic rings.